The Labute approximate surface area is 182 Å². The van der Waals surface area contributed by atoms with Crippen molar-refractivity contribution in [1.82, 2.24) is 5.43 Å². The summed E-state index contributed by atoms with van der Waals surface area (Å²) in [6, 6.07) is 24.3. The van der Waals surface area contributed by atoms with Crippen LogP contribution in [0.3, 0.4) is 0 Å². The van der Waals surface area contributed by atoms with Crippen LogP contribution in [0.25, 0.3) is 0 Å². The van der Waals surface area contributed by atoms with E-state index in [1.807, 2.05) is 85.8 Å². The van der Waals surface area contributed by atoms with Gasteiger partial charge in [-0.3, -0.25) is 20.0 Å². The summed E-state index contributed by atoms with van der Waals surface area (Å²) < 4.78 is 5.72. The van der Waals surface area contributed by atoms with Gasteiger partial charge in [0.1, 0.15) is 11.8 Å². The van der Waals surface area contributed by atoms with Crippen LogP contribution in [0.5, 0.6) is 5.75 Å². The highest BCUT2D eigenvalue weighted by Gasteiger charge is 2.31. The molecule has 158 valence electrons. The molecule has 3 aromatic carbocycles. The number of hydrogen-bond acceptors (Lipinski definition) is 4. The summed E-state index contributed by atoms with van der Waals surface area (Å²) in [5.74, 6) is 0.370. The van der Waals surface area contributed by atoms with Crippen molar-refractivity contribution in [3.8, 4) is 5.75 Å². The normalized spacial score (nSPS) is 15.5. The largest absolute Gasteiger partial charge is 0.483 e. The van der Waals surface area contributed by atoms with E-state index in [9.17, 15) is 9.59 Å². The van der Waals surface area contributed by atoms with Crippen LogP contribution in [-0.4, -0.2) is 24.3 Å². The zero-order valence-corrected chi connectivity index (χ0v) is 17.6. The Hall–Kier alpha value is -3.60. The van der Waals surface area contributed by atoms with Gasteiger partial charge in [-0.05, 0) is 49.4 Å². The molecule has 1 unspecified atom stereocenters. The Morgan fingerprint density at radius 2 is 1.68 bits per heavy atom. The standard InChI is InChI=1S/C26H26N2O3/c1-19-10-5-8-17-24(19)31-18-25(29)27-28-22-15-7-6-11-20(22)14-9-16-23(28)26(30)21-12-3-2-4-13-21/h2-8,10-13,15,17,23H,9,14,16,18H2,1H3,(H,27,29). The number of ketones is 1. The quantitative estimate of drug-likeness (QED) is 0.604. The number of ether oxygens (including phenoxy) is 1. The topological polar surface area (TPSA) is 58.6 Å². The van der Waals surface area contributed by atoms with Crippen LogP contribution < -0.4 is 15.2 Å². The molecule has 1 atom stereocenters. The monoisotopic (exact) mass is 414 g/mol. The molecule has 0 aliphatic carbocycles. The van der Waals surface area contributed by atoms with Gasteiger partial charge in [-0.1, -0.05) is 66.7 Å². The van der Waals surface area contributed by atoms with Gasteiger partial charge >= 0.3 is 0 Å². The van der Waals surface area contributed by atoms with Gasteiger partial charge in [0, 0.05) is 5.56 Å². The third-order valence-corrected chi connectivity index (χ3v) is 5.54. The van der Waals surface area contributed by atoms with Gasteiger partial charge in [-0.25, -0.2) is 0 Å². The number of hydrogen-bond donors (Lipinski definition) is 1. The number of anilines is 1. The third kappa shape index (κ3) is 4.77. The first-order chi connectivity index (χ1) is 15.1. The summed E-state index contributed by atoms with van der Waals surface area (Å²) in [5, 5.41) is 1.74. The number of rotatable bonds is 6. The second kappa shape index (κ2) is 9.47. The molecule has 0 saturated carbocycles. The molecular weight excluding hydrogens is 388 g/mol. The van der Waals surface area contributed by atoms with Crippen LogP contribution in [0.4, 0.5) is 5.69 Å². The zero-order chi connectivity index (χ0) is 21.6. The van der Waals surface area contributed by atoms with E-state index < -0.39 is 6.04 Å². The number of amides is 1. The minimum Gasteiger partial charge on any atom is -0.483 e. The van der Waals surface area contributed by atoms with Gasteiger partial charge in [0.15, 0.2) is 12.4 Å². The number of benzene rings is 3. The van der Waals surface area contributed by atoms with E-state index >= 15 is 0 Å². The van der Waals surface area contributed by atoms with Crippen LogP contribution >= 0.6 is 0 Å². The van der Waals surface area contributed by atoms with Crippen LogP contribution in [0.15, 0.2) is 78.9 Å². The third-order valence-electron chi connectivity index (χ3n) is 5.54. The summed E-state index contributed by atoms with van der Waals surface area (Å²) in [6.07, 6.45) is 2.38. The molecule has 0 radical (unpaired) electrons. The maximum Gasteiger partial charge on any atom is 0.276 e. The predicted octanol–water partition coefficient (Wildman–Crippen LogP) is 4.50. The van der Waals surface area contributed by atoms with Crippen molar-refractivity contribution in [2.75, 3.05) is 11.6 Å². The fourth-order valence-electron chi connectivity index (χ4n) is 3.95. The lowest BCUT2D eigenvalue weighted by Gasteiger charge is -2.32. The smallest absolute Gasteiger partial charge is 0.276 e. The Morgan fingerprint density at radius 1 is 0.968 bits per heavy atom. The predicted molar refractivity (Wildman–Crippen MR) is 121 cm³/mol. The lowest BCUT2D eigenvalue weighted by molar-refractivity contribution is -0.123. The molecule has 0 aromatic heterocycles. The number of carbonyl (C=O) groups is 2. The van der Waals surface area contributed by atoms with Crippen LogP contribution in [0.2, 0.25) is 0 Å². The summed E-state index contributed by atoms with van der Waals surface area (Å²) in [7, 11) is 0. The summed E-state index contributed by atoms with van der Waals surface area (Å²) in [5.41, 5.74) is 6.54. The number of Topliss-reactive ketones (excluding diaryl/α,β-unsaturated/α-hetero) is 1. The van der Waals surface area contributed by atoms with E-state index in [1.54, 1.807) is 5.01 Å². The number of aryl methyl sites for hydroxylation is 2. The van der Waals surface area contributed by atoms with Crippen molar-refractivity contribution < 1.29 is 14.3 Å². The number of hydrazine groups is 1. The first-order valence-electron chi connectivity index (χ1n) is 10.6. The molecule has 3 aromatic rings. The molecule has 0 bridgehead atoms. The first kappa shape index (κ1) is 20.7. The molecule has 1 aliphatic heterocycles. The van der Waals surface area contributed by atoms with E-state index in [2.05, 4.69) is 5.43 Å². The van der Waals surface area contributed by atoms with Gasteiger partial charge < -0.3 is 4.74 Å². The highest BCUT2D eigenvalue weighted by Crippen LogP contribution is 2.29. The molecule has 1 N–H and O–H groups in total. The van der Waals surface area contributed by atoms with Crippen molar-refractivity contribution in [2.45, 2.75) is 32.2 Å². The second-order valence-electron chi connectivity index (χ2n) is 7.73. The average molecular weight is 415 g/mol. The number of para-hydroxylation sites is 2. The van der Waals surface area contributed by atoms with Gasteiger partial charge in [-0.15, -0.1) is 0 Å². The lowest BCUT2D eigenvalue weighted by atomic mass is 9.99. The van der Waals surface area contributed by atoms with Crippen LogP contribution in [0.1, 0.15) is 34.3 Å². The van der Waals surface area contributed by atoms with Gasteiger partial charge in [0.05, 0.1) is 5.69 Å². The molecule has 5 heteroatoms. The maximum absolute atomic E-state index is 13.4. The molecule has 5 nitrogen and oxygen atoms in total. The summed E-state index contributed by atoms with van der Waals surface area (Å²) in [4.78, 5) is 26.2. The average Bonchev–Trinajstić information content (AvgIpc) is 2.98. The number of fused-ring (bicyclic) bond motifs is 1. The minimum absolute atomic E-state index is 0.00238. The van der Waals surface area contributed by atoms with Crippen LogP contribution in [-0.2, 0) is 11.2 Å². The molecule has 0 spiro atoms. The van der Waals surface area contributed by atoms with Crippen molar-refractivity contribution >= 4 is 17.4 Å². The highest BCUT2D eigenvalue weighted by molar-refractivity contribution is 6.02. The van der Waals surface area contributed by atoms with E-state index in [4.69, 9.17) is 4.74 Å². The van der Waals surface area contributed by atoms with Gasteiger partial charge in [-0.2, -0.15) is 0 Å². The van der Waals surface area contributed by atoms with Crippen molar-refractivity contribution in [3.63, 3.8) is 0 Å². The van der Waals surface area contributed by atoms with Crippen molar-refractivity contribution in [1.29, 1.82) is 0 Å². The number of carbonyl (C=O) groups excluding carboxylic acids is 2. The van der Waals surface area contributed by atoms with E-state index in [1.165, 1.54) is 0 Å². The van der Waals surface area contributed by atoms with E-state index in [0.717, 1.165) is 29.7 Å². The van der Waals surface area contributed by atoms with Crippen molar-refractivity contribution in [2.24, 2.45) is 0 Å². The van der Waals surface area contributed by atoms with Crippen molar-refractivity contribution in [3.05, 3.63) is 95.6 Å². The van der Waals surface area contributed by atoms with Crippen LogP contribution in [0, 0.1) is 6.92 Å². The minimum atomic E-state index is -0.478. The van der Waals surface area contributed by atoms with Gasteiger partial charge in [0.25, 0.3) is 5.91 Å². The Balaban J connectivity index is 1.57. The number of nitrogens with one attached hydrogen (secondary N) is 1. The summed E-state index contributed by atoms with van der Waals surface area (Å²) in [6.45, 7) is 1.81. The van der Waals surface area contributed by atoms with E-state index in [-0.39, 0.29) is 18.3 Å². The fourth-order valence-corrected chi connectivity index (χ4v) is 3.95. The molecular formula is C26H26N2O3. The lowest BCUT2D eigenvalue weighted by Crippen LogP contribution is -2.53. The molecule has 1 aliphatic rings. The Bertz CT molecular complexity index is 1070. The molecule has 31 heavy (non-hydrogen) atoms. The summed E-state index contributed by atoms with van der Waals surface area (Å²) >= 11 is 0. The Kier molecular flexibility index (Phi) is 6.32. The maximum atomic E-state index is 13.4. The molecule has 1 heterocycles. The molecule has 1 amide bonds. The second-order valence-corrected chi connectivity index (χ2v) is 7.73. The molecule has 0 saturated heterocycles. The zero-order valence-electron chi connectivity index (χ0n) is 17.6. The molecule has 4 rings (SSSR count). The fraction of sp³-hybridized carbons (Fsp3) is 0.231. The van der Waals surface area contributed by atoms with Gasteiger partial charge in [0.2, 0.25) is 0 Å². The highest BCUT2D eigenvalue weighted by atomic mass is 16.5. The first-order valence-corrected chi connectivity index (χ1v) is 10.6. The Morgan fingerprint density at radius 3 is 2.48 bits per heavy atom. The SMILES string of the molecule is Cc1ccccc1OCC(=O)NN1c2ccccc2CCCC1C(=O)c1ccccc1. The number of nitrogens with zero attached hydrogens (tertiary/aromatic N) is 1. The molecule has 0 fully saturated rings. The van der Waals surface area contributed by atoms with E-state index in [0.29, 0.717) is 17.7 Å².